The molecule has 0 saturated heterocycles. The first-order valence-electron chi connectivity index (χ1n) is 4.92. The lowest BCUT2D eigenvalue weighted by atomic mass is 10.3. The molecule has 0 saturated carbocycles. The van der Waals surface area contributed by atoms with Gasteiger partial charge >= 0.3 is 5.97 Å². The van der Waals surface area contributed by atoms with Gasteiger partial charge in [0.2, 0.25) is 0 Å². The first kappa shape index (κ1) is 13.6. The summed E-state index contributed by atoms with van der Waals surface area (Å²) < 4.78 is 10.8. The normalized spacial score (nSPS) is 12.5. The maximum Gasteiger partial charge on any atom is 0.360 e. The van der Waals surface area contributed by atoms with Crippen molar-refractivity contribution in [3.8, 4) is 0 Å². The zero-order valence-corrected chi connectivity index (χ0v) is 9.66. The van der Waals surface area contributed by atoms with E-state index >= 15 is 0 Å². The van der Waals surface area contributed by atoms with Crippen LogP contribution < -0.4 is 0 Å². The number of carbonyl (C=O) groups is 1. The number of rotatable bonds is 6. The number of ether oxygens (including phenoxy) is 2. The van der Waals surface area contributed by atoms with Gasteiger partial charge in [-0.2, -0.15) is 0 Å². The van der Waals surface area contributed by atoms with Crippen molar-refractivity contribution in [1.29, 1.82) is 0 Å². The van der Waals surface area contributed by atoms with Crippen molar-refractivity contribution < 1.29 is 24.5 Å². The van der Waals surface area contributed by atoms with Crippen LogP contribution in [0.3, 0.4) is 0 Å². The van der Waals surface area contributed by atoms with Gasteiger partial charge in [-0.05, 0) is 0 Å². The van der Waals surface area contributed by atoms with Crippen LogP contribution in [0.1, 0.15) is 16.2 Å². The van der Waals surface area contributed by atoms with Gasteiger partial charge in [-0.1, -0.05) is 5.21 Å². The zero-order chi connectivity index (χ0) is 12.8. The summed E-state index contributed by atoms with van der Waals surface area (Å²) in [5, 5.41) is 25.4. The van der Waals surface area contributed by atoms with Crippen LogP contribution in [0, 0.1) is 0 Å². The molecule has 8 heteroatoms. The lowest BCUT2D eigenvalue weighted by Crippen LogP contribution is -2.22. The highest BCUT2D eigenvalue weighted by molar-refractivity contribution is 5.88. The molecule has 0 amide bonds. The summed E-state index contributed by atoms with van der Waals surface area (Å²) in [6.45, 7) is -0.269. The minimum Gasteiger partial charge on any atom is -0.464 e. The quantitative estimate of drug-likeness (QED) is 0.591. The molecule has 96 valence electrons. The molecule has 8 nitrogen and oxygen atoms in total. The number of carbonyl (C=O) groups excluding carboxylic acids is 1. The molecule has 0 aliphatic carbocycles. The third kappa shape index (κ3) is 3.22. The molecule has 1 aromatic heterocycles. The van der Waals surface area contributed by atoms with E-state index in [1.54, 1.807) is 0 Å². The third-order valence-electron chi connectivity index (χ3n) is 2.09. The predicted octanol–water partition coefficient (Wildman–Crippen LogP) is -1.44. The summed E-state index contributed by atoms with van der Waals surface area (Å²) in [6.07, 6.45) is -0.974. The van der Waals surface area contributed by atoms with Crippen molar-refractivity contribution in [2.24, 2.45) is 0 Å². The molecule has 1 heterocycles. The van der Waals surface area contributed by atoms with E-state index in [1.807, 2.05) is 0 Å². The average molecular weight is 245 g/mol. The first-order valence-corrected chi connectivity index (χ1v) is 4.92. The summed E-state index contributed by atoms with van der Waals surface area (Å²) in [6, 6.07) is 0. The minimum absolute atomic E-state index is 0.0270. The van der Waals surface area contributed by atoms with Crippen LogP contribution in [0.15, 0.2) is 0 Å². The van der Waals surface area contributed by atoms with E-state index in [-0.39, 0.29) is 18.8 Å². The second-order valence-corrected chi connectivity index (χ2v) is 3.33. The van der Waals surface area contributed by atoms with E-state index in [0.29, 0.717) is 5.69 Å². The molecule has 17 heavy (non-hydrogen) atoms. The van der Waals surface area contributed by atoms with E-state index in [0.717, 1.165) is 0 Å². The molecule has 1 atom stereocenters. The number of hydrogen-bond donors (Lipinski definition) is 2. The van der Waals surface area contributed by atoms with E-state index in [9.17, 15) is 9.90 Å². The van der Waals surface area contributed by atoms with Crippen LogP contribution >= 0.6 is 0 Å². The number of esters is 1. The highest BCUT2D eigenvalue weighted by Crippen LogP contribution is 2.09. The maximum atomic E-state index is 11.4. The Morgan fingerprint density at radius 1 is 1.53 bits per heavy atom. The Hall–Kier alpha value is -1.51. The van der Waals surface area contributed by atoms with Crippen molar-refractivity contribution >= 4 is 5.97 Å². The van der Waals surface area contributed by atoms with E-state index in [1.165, 1.54) is 18.9 Å². The number of hydrogen-bond acceptors (Lipinski definition) is 7. The van der Waals surface area contributed by atoms with Crippen LogP contribution in [0.25, 0.3) is 0 Å². The first-order chi connectivity index (χ1) is 8.13. The number of aromatic nitrogens is 3. The van der Waals surface area contributed by atoms with Crippen LogP contribution in [-0.4, -0.2) is 58.1 Å². The lowest BCUT2D eigenvalue weighted by molar-refractivity contribution is 0.0585. The fourth-order valence-electron chi connectivity index (χ4n) is 1.27. The summed E-state index contributed by atoms with van der Waals surface area (Å²) >= 11 is 0. The second kappa shape index (κ2) is 6.28. The third-order valence-corrected chi connectivity index (χ3v) is 2.09. The Bertz CT molecular complexity index is 379. The van der Waals surface area contributed by atoms with Gasteiger partial charge in [0.05, 0.1) is 38.7 Å². The molecule has 0 aliphatic rings. The van der Waals surface area contributed by atoms with Gasteiger partial charge in [0, 0.05) is 7.11 Å². The topological polar surface area (TPSA) is 107 Å². The Labute approximate surface area is 97.8 Å². The molecule has 1 rings (SSSR count). The highest BCUT2D eigenvalue weighted by atomic mass is 16.5. The number of aliphatic hydroxyl groups is 2. The molecule has 1 aromatic rings. The SMILES string of the molecule is COCc1c(C(=O)OC)nnn1CC(O)CO. The number of methoxy groups -OCH3 is 2. The Morgan fingerprint density at radius 3 is 2.76 bits per heavy atom. The number of nitrogens with zero attached hydrogens (tertiary/aromatic N) is 3. The van der Waals surface area contributed by atoms with Gasteiger partial charge in [0.15, 0.2) is 5.69 Å². The summed E-state index contributed by atoms with van der Waals surface area (Å²) in [4.78, 5) is 11.4. The number of aliphatic hydroxyl groups excluding tert-OH is 2. The van der Waals surface area contributed by atoms with Gasteiger partial charge in [-0.3, -0.25) is 0 Å². The van der Waals surface area contributed by atoms with Crippen LogP contribution in [-0.2, 0) is 22.6 Å². The van der Waals surface area contributed by atoms with Gasteiger partial charge in [0.25, 0.3) is 0 Å². The maximum absolute atomic E-state index is 11.4. The summed E-state index contributed by atoms with van der Waals surface area (Å²) in [7, 11) is 2.70. The summed E-state index contributed by atoms with van der Waals surface area (Å²) in [5.41, 5.74) is 0.436. The van der Waals surface area contributed by atoms with Crippen molar-refractivity contribution in [3.05, 3.63) is 11.4 Å². The van der Waals surface area contributed by atoms with Gasteiger partial charge in [0.1, 0.15) is 0 Å². The average Bonchev–Trinajstić information content (AvgIpc) is 2.72. The molecule has 0 radical (unpaired) electrons. The van der Waals surface area contributed by atoms with Crippen LogP contribution in [0.5, 0.6) is 0 Å². The fraction of sp³-hybridized carbons (Fsp3) is 0.667. The Morgan fingerprint density at radius 2 is 2.24 bits per heavy atom. The molecule has 2 N–H and O–H groups in total. The minimum atomic E-state index is -0.974. The monoisotopic (exact) mass is 245 g/mol. The Balaban J connectivity index is 2.97. The highest BCUT2D eigenvalue weighted by Gasteiger charge is 2.21. The van der Waals surface area contributed by atoms with E-state index in [2.05, 4.69) is 15.0 Å². The zero-order valence-electron chi connectivity index (χ0n) is 9.66. The molecule has 0 fully saturated rings. The molecule has 1 unspecified atom stereocenters. The molecule has 0 aromatic carbocycles. The molecular formula is C9H15N3O5. The van der Waals surface area contributed by atoms with E-state index in [4.69, 9.17) is 9.84 Å². The lowest BCUT2D eigenvalue weighted by Gasteiger charge is -2.09. The predicted molar refractivity (Wildman–Crippen MR) is 55.2 cm³/mol. The molecular weight excluding hydrogens is 230 g/mol. The Kier molecular flexibility index (Phi) is 5.01. The van der Waals surface area contributed by atoms with Crippen molar-refractivity contribution in [1.82, 2.24) is 15.0 Å². The van der Waals surface area contributed by atoms with Crippen molar-refractivity contribution in [2.45, 2.75) is 19.3 Å². The smallest absolute Gasteiger partial charge is 0.360 e. The van der Waals surface area contributed by atoms with Gasteiger partial charge in [-0.25, -0.2) is 9.48 Å². The van der Waals surface area contributed by atoms with Gasteiger partial charge < -0.3 is 19.7 Å². The molecule has 0 aliphatic heterocycles. The largest absolute Gasteiger partial charge is 0.464 e. The van der Waals surface area contributed by atoms with Crippen LogP contribution in [0.4, 0.5) is 0 Å². The van der Waals surface area contributed by atoms with Crippen molar-refractivity contribution in [3.63, 3.8) is 0 Å². The van der Waals surface area contributed by atoms with Gasteiger partial charge in [-0.15, -0.1) is 5.10 Å². The fourth-order valence-corrected chi connectivity index (χ4v) is 1.27. The molecule has 0 spiro atoms. The van der Waals surface area contributed by atoms with E-state index < -0.39 is 18.7 Å². The standard InChI is InChI=1S/C9H15N3O5/c1-16-5-7-8(9(15)17-2)10-11-12(7)3-6(14)4-13/h6,13-14H,3-5H2,1-2H3. The molecule has 0 bridgehead atoms. The van der Waals surface area contributed by atoms with Crippen molar-refractivity contribution in [2.75, 3.05) is 20.8 Å². The second-order valence-electron chi connectivity index (χ2n) is 3.33. The summed E-state index contributed by atoms with van der Waals surface area (Å²) in [5.74, 6) is -0.623. The van der Waals surface area contributed by atoms with Crippen LogP contribution in [0.2, 0.25) is 0 Å².